The lowest BCUT2D eigenvalue weighted by Gasteiger charge is -2.26. The first-order valence-corrected chi connectivity index (χ1v) is 9.17. The third-order valence-electron chi connectivity index (χ3n) is 4.44. The van der Waals surface area contributed by atoms with Gasteiger partial charge in [0.05, 0.1) is 34.8 Å². The lowest BCUT2D eigenvalue weighted by molar-refractivity contribution is -0.144. The Morgan fingerprint density at radius 1 is 1.13 bits per heavy atom. The van der Waals surface area contributed by atoms with Crippen molar-refractivity contribution in [3.8, 4) is 0 Å². The van der Waals surface area contributed by atoms with Crippen molar-refractivity contribution in [1.29, 1.82) is 0 Å². The van der Waals surface area contributed by atoms with E-state index < -0.39 is 48.4 Å². The Balaban J connectivity index is 1.82. The molecule has 0 radical (unpaired) electrons. The molecule has 3 N–H and O–H groups in total. The van der Waals surface area contributed by atoms with Gasteiger partial charge in [-0.1, -0.05) is 12.1 Å². The first-order chi connectivity index (χ1) is 14.3. The zero-order chi connectivity index (χ0) is 21.8. The summed E-state index contributed by atoms with van der Waals surface area (Å²) >= 11 is 0. The van der Waals surface area contributed by atoms with Gasteiger partial charge < -0.3 is 20.1 Å². The smallest absolute Gasteiger partial charge is 0.338 e. The van der Waals surface area contributed by atoms with E-state index in [1.165, 1.54) is 12.1 Å². The van der Waals surface area contributed by atoms with Crippen molar-refractivity contribution >= 4 is 28.9 Å². The van der Waals surface area contributed by atoms with Crippen LogP contribution in [0.3, 0.4) is 0 Å². The number of carbonyl (C=O) groups is 3. The summed E-state index contributed by atoms with van der Waals surface area (Å²) in [6.45, 7) is 2.50. The quantitative estimate of drug-likeness (QED) is 0.550. The van der Waals surface area contributed by atoms with E-state index in [1.54, 1.807) is 26.0 Å². The average molecular weight is 416 g/mol. The minimum Gasteiger partial charge on any atom is -0.463 e. The first-order valence-electron chi connectivity index (χ1n) is 9.17. The minimum atomic E-state index is -0.801. The van der Waals surface area contributed by atoms with Crippen LogP contribution in [0, 0.1) is 0 Å². The molecule has 0 fully saturated rings. The van der Waals surface area contributed by atoms with Crippen LogP contribution in [0.25, 0.3) is 10.9 Å². The molecule has 1 aliphatic rings. The fourth-order valence-corrected chi connectivity index (χ4v) is 3.12. The van der Waals surface area contributed by atoms with Crippen molar-refractivity contribution < 1.29 is 23.9 Å². The number of hydrogen-bond donors (Lipinski definition) is 3. The molecule has 2 aromatic rings. The fourth-order valence-electron chi connectivity index (χ4n) is 3.12. The topological polar surface area (TPSA) is 149 Å². The SMILES string of the molecule is CCOC(=O)C1=C(COC(=O)Cn2c(=O)[nH]c(=O)c3ccccc32)NC(=O)NC1C. The van der Waals surface area contributed by atoms with Crippen LogP contribution in [0.15, 0.2) is 45.1 Å². The third-order valence-corrected chi connectivity index (χ3v) is 4.44. The number of benzene rings is 1. The maximum Gasteiger partial charge on any atom is 0.338 e. The molecule has 0 saturated carbocycles. The van der Waals surface area contributed by atoms with Crippen LogP contribution in [0.4, 0.5) is 4.79 Å². The zero-order valence-electron chi connectivity index (χ0n) is 16.3. The van der Waals surface area contributed by atoms with Crippen LogP contribution < -0.4 is 21.9 Å². The Labute approximate surface area is 169 Å². The highest BCUT2D eigenvalue weighted by Gasteiger charge is 2.30. The van der Waals surface area contributed by atoms with Crippen LogP contribution in [0.1, 0.15) is 13.8 Å². The Bertz CT molecular complexity index is 1160. The van der Waals surface area contributed by atoms with Crippen LogP contribution in [0.2, 0.25) is 0 Å². The summed E-state index contributed by atoms with van der Waals surface area (Å²) in [6, 6.07) is 5.13. The van der Waals surface area contributed by atoms with Crippen molar-refractivity contribution in [2.45, 2.75) is 26.4 Å². The van der Waals surface area contributed by atoms with Crippen LogP contribution in [-0.4, -0.2) is 46.8 Å². The number of H-pyrrole nitrogens is 1. The summed E-state index contributed by atoms with van der Waals surface area (Å²) in [5, 5.41) is 5.22. The number of urea groups is 1. The van der Waals surface area contributed by atoms with E-state index in [4.69, 9.17) is 9.47 Å². The summed E-state index contributed by atoms with van der Waals surface area (Å²) < 4.78 is 11.2. The van der Waals surface area contributed by atoms with Crippen molar-refractivity contribution in [3.63, 3.8) is 0 Å². The highest BCUT2D eigenvalue weighted by atomic mass is 16.5. The van der Waals surface area contributed by atoms with Gasteiger partial charge in [0.15, 0.2) is 0 Å². The molecule has 1 aliphatic heterocycles. The average Bonchev–Trinajstić information content (AvgIpc) is 2.69. The molecule has 0 saturated heterocycles. The molecule has 1 atom stereocenters. The highest BCUT2D eigenvalue weighted by Crippen LogP contribution is 2.15. The van der Waals surface area contributed by atoms with Gasteiger partial charge in [0, 0.05) is 0 Å². The molecule has 0 bridgehead atoms. The van der Waals surface area contributed by atoms with Gasteiger partial charge in [0.2, 0.25) is 0 Å². The molecule has 1 unspecified atom stereocenters. The van der Waals surface area contributed by atoms with E-state index in [-0.39, 0.29) is 28.8 Å². The lowest BCUT2D eigenvalue weighted by atomic mass is 10.0. The number of aromatic amines is 1. The number of ether oxygens (including phenoxy) is 2. The fraction of sp³-hybridized carbons (Fsp3) is 0.316. The van der Waals surface area contributed by atoms with Gasteiger partial charge in [0.25, 0.3) is 5.56 Å². The Morgan fingerprint density at radius 2 is 1.87 bits per heavy atom. The Kier molecular flexibility index (Phi) is 6.00. The molecule has 11 nitrogen and oxygen atoms in total. The number of hydrogen-bond acceptors (Lipinski definition) is 7. The van der Waals surface area contributed by atoms with Crippen molar-refractivity contribution in [2.75, 3.05) is 13.2 Å². The van der Waals surface area contributed by atoms with E-state index in [2.05, 4.69) is 15.6 Å². The van der Waals surface area contributed by atoms with Gasteiger partial charge in [-0.2, -0.15) is 0 Å². The predicted molar refractivity (Wildman–Crippen MR) is 105 cm³/mol. The van der Waals surface area contributed by atoms with Crippen molar-refractivity contribution in [2.24, 2.45) is 0 Å². The van der Waals surface area contributed by atoms with Crippen LogP contribution in [-0.2, 0) is 25.6 Å². The van der Waals surface area contributed by atoms with Gasteiger partial charge in [0.1, 0.15) is 13.2 Å². The van der Waals surface area contributed by atoms with E-state index >= 15 is 0 Å². The van der Waals surface area contributed by atoms with Crippen LogP contribution >= 0.6 is 0 Å². The molecule has 0 spiro atoms. The van der Waals surface area contributed by atoms with Crippen molar-refractivity contribution in [3.05, 3.63) is 56.4 Å². The second-order valence-electron chi connectivity index (χ2n) is 6.46. The first kappa shape index (κ1) is 20.8. The van der Waals surface area contributed by atoms with Gasteiger partial charge in [-0.05, 0) is 26.0 Å². The third kappa shape index (κ3) is 4.24. The summed E-state index contributed by atoms with van der Waals surface area (Å²) in [5.74, 6) is -1.45. The molecule has 11 heteroatoms. The minimum absolute atomic E-state index is 0.0942. The molecular formula is C19H20N4O7. The summed E-state index contributed by atoms with van der Waals surface area (Å²) in [6.07, 6.45) is 0. The predicted octanol–water partition coefficient (Wildman–Crippen LogP) is -0.248. The van der Waals surface area contributed by atoms with Gasteiger partial charge in [-0.25, -0.2) is 14.4 Å². The summed E-state index contributed by atoms with van der Waals surface area (Å²) in [7, 11) is 0. The summed E-state index contributed by atoms with van der Waals surface area (Å²) in [5.41, 5.74) is -0.812. The molecule has 0 aliphatic carbocycles. The van der Waals surface area contributed by atoms with Crippen molar-refractivity contribution in [1.82, 2.24) is 20.2 Å². The molecule has 158 valence electrons. The number of carbonyl (C=O) groups excluding carboxylic acids is 3. The van der Waals surface area contributed by atoms with E-state index in [9.17, 15) is 24.0 Å². The van der Waals surface area contributed by atoms with E-state index in [0.717, 1.165) is 4.57 Å². The molecule has 1 aromatic carbocycles. The number of nitrogens with one attached hydrogen (secondary N) is 3. The van der Waals surface area contributed by atoms with Gasteiger partial charge in [-0.3, -0.25) is 19.1 Å². The second-order valence-corrected chi connectivity index (χ2v) is 6.46. The van der Waals surface area contributed by atoms with E-state index in [0.29, 0.717) is 0 Å². The molecule has 1 aromatic heterocycles. The zero-order valence-corrected chi connectivity index (χ0v) is 16.3. The number of fused-ring (bicyclic) bond motifs is 1. The van der Waals surface area contributed by atoms with Gasteiger partial charge in [-0.15, -0.1) is 0 Å². The summed E-state index contributed by atoms with van der Waals surface area (Å²) in [4.78, 5) is 62.5. The number of rotatable bonds is 6. The Hall–Kier alpha value is -3.89. The Morgan fingerprint density at radius 3 is 2.60 bits per heavy atom. The molecule has 30 heavy (non-hydrogen) atoms. The molecule has 2 amide bonds. The number of para-hydroxylation sites is 1. The largest absolute Gasteiger partial charge is 0.463 e. The van der Waals surface area contributed by atoms with Crippen LogP contribution in [0.5, 0.6) is 0 Å². The molecule has 2 heterocycles. The monoisotopic (exact) mass is 416 g/mol. The number of aromatic nitrogens is 2. The molecule has 3 rings (SSSR count). The number of nitrogens with zero attached hydrogens (tertiary/aromatic N) is 1. The van der Waals surface area contributed by atoms with Gasteiger partial charge >= 0.3 is 23.7 Å². The number of amides is 2. The maximum absolute atomic E-state index is 12.4. The molecular weight excluding hydrogens is 396 g/mol. The standard InChI is InChI=1S/C19H20N4O7/c1-3-29-17(26)15-10(2)20-18(27)21-12(15)9-30-14(24)8-23-13-7-5-4-6-11(13)16(25)22-19(23)28/h4-7,10H,3,8-9H2,1-2H3,(H2,20,21,27)(H,22,25,28). The van der Waals surface area contributed by atoms with E-state index in [1.807, 2.05) is 0 Å². The second kappa shape index (κ2) is 8.64. The highest BCUT2D eigenvalue weighted by molar-refractivity contribution is 5.94. The number of esters is 2. The lowest BCUT2D eigenvalue weighted by Crippen LogP contribution is -2.50. The maximum atomic E-state index is 12.4. The normalized spacial score (nSPS) is 16.1.